The van der Waals surface area contributed by atoms with Gasteiger partial charge in [-0.15, -0.1) is 0 Å². The maximum absolute atomic E-state index is 11.8. The van der Waals surface area contributed by atoms with Crippen LogP contribution in [-0.2, 0) is 9.53 Å². The first kappa shape index (κ1) is 11.9. The number of carbonyl (C=O) groups is 1. The highest BCUT2D eigenvalue weighted by atomic mass is 16.5. The van der Waals surface area contributed by atoms with Gasteiger partial charge in [0.2, 0.25) is 5.91 Å². The lowest BCUT2D eigenvalue weighted by Crippen LogP contribution is -2.48. The predicted octanol–water partition coefficient (Wildman–Crippen LogP) is 0.833. The molecule has 2 fully saturated rings. The highest BCUT2D eigenvalue weighted by molar-refractivity contribution is 5.78. The van der Waals surface area contributed by atoms with Gasteiger partial charge in [0.05, 0.1) is 6.10 Å². The molecular weight excluding hydrogens is 206 g/mol. The van der Waals surface area contributed by atoms with Gasteiger partial charge in [0.15, 0.2) is 0 Å². The van der Waals surface area contributed by atoms with Crippen molar-refractivity contribution in [2.75, 3.05) is 13.2 Å². The summed E-state index contributed by atoms with van der Waals surface area (Å²) in [6.07, 6.45) is 4.73. The minimum Gasteiger partial charge on any atom is -0.385 e. The SMILES string of the molecule is CC1OCCC1(O)CNC(=O)C1CCCC1. The highest BCUT2D eigenvalue weighted by Crippen LogP contribution is 2.27. The molecule has 1 aliphatic carbocycles. The molecule has 2 unspecified atom stereocenters. The Balaban J connectivity index is 1.80. The summed E-state index contributed by atoms with van der Waals surface area (Å²) in [5.41, 5.74) is -0.867. The van der Waals surface area contributed by atoms with Crippen molar-refractivity contribution in [3.8, 4) is 0 Å². The van der Waals surface area contributed by atoms with Crippen molar-refractivity contribution in [1.82, 2.24) is 5.32 Å². The minimum absolute atomic E-state index is 0.102. The number of amides is 1. The molecule has 0 aromatic heterocycles. The fraction of sp³-hybridized carbons (Fsp3) is 0.917. The van der Waals surface area contributed by atoms with Crippen molar-refractivity contribution < 1.29 is 14.6 Å². The third-order valence-corrected chi connectivity index (χ3v) is 3.95. The average molecular weight is 227 g/mol. The largest absolute Gasteiger partial charge is 0.385 e. The van der Waals surface area contributed by atoms with Gasteiger partial charge in [-0.1, -0.05) is 12.8 Å². The molecule has 0 bridgehead atoms. The molecule has 16 heavy (non-hydrogen) atoms. The molecule has 1 saturated carbocycles. The normalized spacial score (nSPS) is 35.5. The van der Waals surface area contributed by atoms with Crippen LogP contribution in [0.4, 0.5) is 0 Å². The molecule has 0 radical (unpaired) electrons. The van der Waals surface area contributed by atoms with E-state index in [2.05, 4.69) is 5.32 Å². The Labute approximate surface area is 96.4 Å². The maximum atomic E-state index is 11.8. The first-order valence-electron chi connectivity index (χ1n) is 6.23. The number of rotatable bonds is 3. The van der Waals surface area contributed by atoms with Gasteiger partial charge in [0.25, 0.3) is 0 Å². The molecule has 1 heterocycles. The van der Waals surface area contributed by atoms with Gasteiger partial charge in [-0.25, -0.2) is 0 Å². The topological polar surface area (TPSA) is 58.6 Å². The van der Waals surface area contributed by atoms with Crippen LogP contribution in [0.1, 0.15) is 39.0 Å². The van der Waals surface area contributed by atoms with Crippen molar-refractivity contribution in [3.05, 3.63) is 0 Å². The molecule has 2 aliphatic rings. The van der Waals surface area contributed by atoms with E-state index < -0.39 is 5.60 Å². The molecule has 0 aromatic carbocycles. The van der Waals surface area contributed by atoms with Gasteiger partial charge in [-0.2, -0.15) is 0 Å². The Morgan fingerprint density at radius 3 is 2.75 bits per heavy atom. The fourth-order valence-electron chi connectivity index (χ4n) is 2.58. The van der Waals surface area contributed by atoms with Gasteiger partial charge in [0.1, 0.15) is 5.60 Å². The summed E-state index contributed by atoms with van der Waals surface area (Å²) in [6, 6.07) is 0. The predicted molar refractivity (Wildman–Crippen MR) is 59.9 cm³/mol. The first-order valence-corrected chi connectivity index (χ1v) is 6.23. The summed E-state index contributed by atoms with van der Waals surface area (Å²) in [4.78, 5) is 11.8. The third-order valence-electron chi connectivity index (χ3n) is 3.95. The molecule has 1 aliphatic heterocycles. The molecule has 2 atom stereocenters. The average Bonchev–Trinajstić information content (AvgIpc) is 2.87. The summed E-state index contributed by atoms with van der Waals surface area (Å²) in [7, 11) is 0. The molecule has 1 amide bonds. The summed E-state index contributed by atoms with van der Waals surface area (Å²) in [5.74, 6) is 0.270. The van der Waals surface area contributed by atoms with Crippen LogP contribution in [-0.4, -0.2) is 35.9 Å². The van der Waals surface area contributed by atoms with E-state index >= 15 is 0 Å². The second kappa shape index (κ2) is 4.72. The Bertz CT molecular complexity index is 263. The number of hydrogen-bond donors (Lipinski definition) is 2. The molecule has 92 valence electrons. The summed E-state index contributed by atoms with van der Waals surface area (Å²) >= 11 is 0. The quantitative estimate of drug-likeness (QED) is 0.751. The molecule has 0 spiro atoms. The van der Waals surface area contributed by atoms with Crippen LogP contribution in [0.25, 0.3) is 0 Å². The zero-order valence-electron chi connectivity index (χ0n) is 9.87. The summed E-state index contributed by atoms with van der Waals surface area (Å²) in [5, 5.41) is 13.1. The Morgan fingerprint density at radius 2 is 2.19 bits per heavy atom. The van der Waals surface area contributed by atoms with Crippen molar-refractivity contribution in [1.29, 1.82) is 0 Å². The van der Waals surface area contributed by atoms with Crippen molar-refractivity contribution in [3.63, 3.8) is 0 Å². The van der Waals surface area contributed by atoms with E-state index in [0.717, 1.165) is 25.7 Å². The fourth-order valence-corrected chi connectivity index (χ4v) is 2.58. The summed E-state index contributed by atoms with van der Waals surface area (Å²) in [6.45, 7) is 2.76. The Kier molecular flexibility index (Phi) is 3.50. The van der Waals surface area contributed by atoms with Crippen LogP contribution in [0.3, 0.4) is 0 Å². The molecule has 1 saturated heterocycles. The molecule has 4 nitrogen and oxygen atoms in total. The number of nitrogens with one attached hydrogen (secondary N) is 1. The van der Waals surface area contributed by atoms with E-state index in [-0.39, 0.29) is 17.9 Å². The second-order valence-electron chi connectivity index (χ2n) is 5.07. The van der Waals surface area contributed by atoms with Gasteiger partial charge >= 0.3 is 0 Å². The lowest BCUT2D eigenvalue weighted by atomic mass is 9.96. The smallest absolute Gasteiger partial charge is 0.223 e. The zero-order valence-corrected chi connectivity index (χ0v) is 9.87. The molecule has 2 rings (SSSR count). The highest BCUT2D eigenvalue weighted by Gasteiger charge is 2.40. The lowest BCUT2D eigenvalue weighted by molar-refractivity contribution is -0.126. The molecule has 2 N–H and O–H groups in total. The zero-order chi connectivity index (χ0) is 11.6. The summed E-state index contributed by atoms with van der Waals surface area (Å²) < 4.78 is 5.32. The Hall–Kier alpha value is -0.610. The van der Waals surface area contributed by atoms with Gasteiger partial charge in [-0.05, 0) is 19.8 Å². The van der Waals surface area contributed by atoms with Crippen molar-refractivity contribution in [2.45, 2.75) is 50.7 Å². The van der Waals surface area contributed by atoms with E-state index in [4.69, 9.17) is 4.74 Å². The Morgan fingerprint density at radius 1 is 1.50 bits per heavy atom. The number of carbonyl (C=O) groups excluding carboxylic acids is 1. The van der Waals surface area contributed by atoms with Crippen LogP contribution in [0.2, 0.25) is 0 Å². The van der Waals surface area contributed by atoms with Crippen LogP contribution in [0.5, 0.6) is 0 Å². The molecule has 0 aromatic rings. The third kappa shape index (κ3) is 2.38. The van der Waals surface area contributed by atoms with E-state index in [1.54, 1.807) is 0 Å². The van der Waals surface area contributed by atoms with Crippen molar-refractivity contribution in [2.24, 2.45) is 5.92 Å². The number of hydrogen-bond acceptors (Lipinski definition) is 3. The van der Waals surface area contributed by atoms with Crippen molar-refractivity contribution >= 4 is 5.91 Å². The van der Waals surface area contributed by atoms with E-state index in [1.807, 2.05) is 6.92 Å². The van der Waals surface area contributed by atoms with Crippen LogP contribution < -0.4 is 5.32 Å². The van der Waals surface area contributed by atoms with E-state index in [1.165, 1.54) is 0 Å². The second-order valence-corrected chi connectivity index (χ2v) is 5.07. The van der Waals surface area contributed by atoms with Crippen LogP contribution >= 0.6 is 0 Å². The molecular formula is C12H21NO3. The van der Waals surface area contributed by atoms with Gasteiger partial charge < -0.3 is 15.2 Å². The van der Waals surface area contributed by atoms with E-state index in [0.29, 0.717) is 19.6 Å². The lowest BCUT2D eigenvalue weighted by Gasteiger charge is -2.26. The van der Waals surface area contributed by atoms with Crippen LogP contribution in [0, 0.1) is 5.92 Å². The first-order chi connectivity index (χ1) is 7.62. The van der Waals surface area contributed by atoms with Crippen LogP contribution in [0.15, 0.2) is 0 Å². The van der Waals surface area contributed by atoms with Gasteiger partial charge in [0, 0.05) is 25.5 Å². The molecule has 4 heteroatoms. The minimum atomic E-state index is -0.867. The standard InChI is InChI=1S/C12H21NO3/c1-9-12(15,6-7-16-9)8-13-11(14)10-4-2-3-5-10/h9-10,15H,2-8H2,1H3,(H,13,14). The number of ether oxygens (including phenoxy) is 1. The maximum Gasteiger partial charge on any atom is 0.223 e. The monoisotopic (exact) mass is 227 g/mol. The van der Waals surface area contributed by atoms with Gasteiger partial charge in [-0.3, -0.25) is 4.79 Å². The van der Waals surface area contributed by atoms with E-state index in [9.17, 15) is 9.90 Å². The number of aliphatic hydroxyl groups is 1.